The molecule has 2 aromatic carbocycles. The lowest BCUT2D eigenvalue weighted by molar-refractivity contribution is -0.117. The maximum Gasteiger partial charge on any atom is 0.245 e. The highest BCUT2D eigenvalue weighted by Crippen LogP contribution is 2.30. The number of benzene rings is 2. The smallest absolute Gasteiger partial charge is 0.245 e. The van der Waals surface area contributed by atoms with E-state index < -0.39 is 15.9 Å². The van der Waals surface area contributed by atoms with Crippen molar-refractivity contribution in [3.63, 3.8) is 0 Å². The van der Waals surface area contributed by atoms with Gasteiger partial charge in [0.2, 0.25) is 9.70 Å². The van der Waals surface area contributed by atoms with E-state index in [1.165, 1.54) is 6.08 Å². The van der Waals surface area contributed by atoms with Crippen LogP contribution < -0.4 is 15.5 Å². The Kier molecular flexibility index (Phi) is 9.04. The fourth-order valence-electron chi connectivity index (χ4n) is 4.01. The Bertz CT molecular complexity index is 1220. The molecule has 1 unspecified atom stereocenters. The first-order chi connectivity index (χ1) is 17.3. The SMILES string of the molecule is O=C(/C=C/c1ccccc1)NC(NC(=S)N(CN1CCCC1)c1cccc2cccnc12)C(Cl)(Cl)Cl. The molecule has 0 spiro atoms. The number of nitrogens with zero attached hydrogens (tertiary/aromatic N) is 3. The van der Waals surface area contributed by atoms with Crippen LogP contribution >= 0.6 is 47.0 Å². The van der Waals surface area contributed by atoms with Gasteiger partial charge in [-0.15, -0.1) is 0 Å². The second-order valence-electron chi connectivity index (χ2n) is 8.42. The standard InChI is InChI=1S/C26H26Cl3N5OS/c27-26(28,29)24(31-22(35)14-13-19-8-2-1-3-9-19)32-25(36)34(18-33-16-4-5-17-33)21-12-6-10-20-11-7-15-30-23(20)21/h1-3,6-15,24H,4-5,16-18H2,(H,31,35)(H,32,36)/b14-13+. The lowest BCUT2D eigenvalue weighted by atomic mass is 10.2. The average Bonchev–Trinajstić information content (AvgIpc) is 3.39. The van der Waals surface area contributed by atoms with Gasteiger partial charge in [-0.05, 0) is 61.9 Å². The summed E-state index contributed by atoms with van der Waals surface area (Å²) in [5.41, 5.74) is 2.52. The van der Waals surface area contributed by atoms with Gasteiger partial charge in [-0.1, -0.05) is 83.3 Å². The van der Waals surface area contributed by atoms with Gasteiger partial charge in [0.05, 0.1) is 17.9 Å². The molecule has 2 heterocycles. The van der Waals surface area contributed by atoms with E-state index in [-0.39, 0.29) is 0 Å². The van der Waals surface area contributed by atoms with Crippen molar-refractivity contribution in [2.75, 3.05) is 24.7 Å². The van der Waals surface area contributed by atoms with Crippen LogP contribution in [0.2, 0.25) is 0 Å². The number of nitrogens with one attached hydrogen (secondary N) is 2. The highest BCUT2D eigenvalue weighted by atomic mass is 35.6. The number of aromatic nitrogens is 1. The summed E-state index contributed by atoms with van der Waals surface area (Å²) in [6, 6.07) is 19.3. The maximum atomic E-state index is 12.7. The number of alkyl halides is 3. The minimum Gasteiger partial charge on any atom is -0.339 e. The van der Waals surface area contributed by atoms with Gasteiger partial charge in [0.25, 0.3) is 0 Å². The molecule has 1 saturated heterocycles. The van der Waals surface area contributed by atoms with E-state index in [9.17, 15) is 4.79 Å². The van der Waals surface area contributed by atoms with E-state index in [1.54, 1.807) is 12.3 Å². The summed E-state index contributed by atoms with van der Waals surface area (Å²) in [5, 5.41) is 7.08. The predicted octanol–water partition coefficient (Wildman–Crippen LogP) is 5.49. The molecular formula is C26H26Cl3N5OS. The average molecular weight is 563 g/mol. The van der Waals surface area contributed by atoms with Crippen LogP contribution in [0.3, 0.4) is 0 Å². The third-order valence-electron chi connectivity index (χ3n) is 5.80. The topological polar surface area (TPSA) is 60.5 Å². The van der Waals surface area contributed by atoms with Gasteiger partial charge in [0.1, 0.15) is 6.17 Å². The van der Waals surface area contributed by atoms with Crippen molar-refractivity contribution >= 4 is 80.7 Å². The lowest BCUT2D eigenvalue weighted by Gasteiger charge is -2.34. The molecule has 1 aliphatic heterocycles. The second-order valence-corrected chi connectivity index (χ2v) is 11.2. The summed E-state index contributed by atoms with van der Waals surface area (Å²) < 4.78 is -1.86. The minimum atomic E-state index is -1.86. The Morgan fingerprint density at radius 1 is 1.06 bits per heavy atom. The molecule has 6 nitrogen and oxygen atoms in total. The van der Waals surface area contributed by atoms with Crippen molar-refractivity contribution in [1.82, 2.24) is 20.5 Å². The van der Waals surface area contributed by atoms with Crippen molar-refractivity contribution in [3.8, 4) is 0 Å². The predicted molar refractivity (Wildman–Crippen MR) is 153 cm³/mol. The van der Waals surface area contributed by atoms with Crippen LogP contribution in [-0.4, -0.2) is 50.6 Å². The van der Waals surface area contributed by atoms with E-state index >= 15 is 0 Å². The third kappa shape index (κ3) is 7.08. The van der Waals surface area contributed by atoms with Gasteiger partial charge in [-0.25, -0.2) is 0 Å². The lowest BCUT2D eigenvalue weighted by Crippen LogP contribution is -2.58. The molecule has 4 rings (SSSR count). The summed E-state index contributed by atoms with van der Waals surface area (Å²) in [5.74, 6) is -0.427. The molecule has 0 aliphatic carbocycles. The molecule has 0 bridgehead atoms. The van der Waals surface area contributed by atoms with Crippen molar-refractivity contribution in [3.05, 3.63) is 78.5 Å². The molecule has 36 heavy (non-hydrogen) atoms. The summed E-state index contributed by atoms with van der Waals surface area (Å²) in [6.45, 7) is 2.47. The third-order valence-corrected chi connectivity index (χ3v) is 6.79. The molecule has 1 amide bonds. The van der Waals surface area contributed by atoms with Crippen LogP contribution in [0.25, 0.3) is 17.0 Å². The summed E-state index contributed by atoms with van der Waals surface area (Å²) in [4.78, 5) is 21.5. The molecule has 2 N–H and O–H groups in total. The van der Waals surface area contributed by atoms with Crippen molar-refractivity contribution < 1.29 is 4.79 Å². The fourth-order valence-corrected chi connectivity index (χ4v) is 4.61. The molecule has 3 aromatic rings. The van der Waals surface area contributed by atoms with E-state index in [4.69, 9.17) is 47.0 Å². The molecule has 1 atom stereocenters. The van der Waals surface area contributed by atoms with Crippen LogP contribution in [0.1, 0.15) is 18.4 Å². The van der Waals surface area contributed by atoms with Gasteiger partial charge in [-0.2, -0.15) is 0 Å². The number of amides is 1. The number of rotatable bonds is 7. The first kappa shape index (κ1) is 26.6. The Labute approximate surface area is 231 Å². The number of hydrogen-bond acceptors (Lipinski definition) is 4. The second kappa shape index (κ2) is 12.2. The van der Waals surface area contributed by atoms with E-state index in [2.05, 4.69) is 20.5 Å². The Morgan fingerprint density at radius 3 is 2.50 bits per heavy atom. The molecular weight excluding hydrogens is 537 g/mol. The number of likely N-dealkylation sites (tertiary alicyclic amines) is 1. The number of carbonyl (C=O) groups excluding carboxylic acids is 1. The van der Waals surface area contributed by atoms with Gasteiger partial charge in [0.15, 0.2) is 5.11 Å². The normalized spacial score (nSPS) is 15.2. The Balaban J connectivity index is 1.56. The number of fused-ring (bicyclic) bond motifs is 1. The molecule has 1 aromatic heterocycles. The van der Waals surface area contributed by atoms with Crippen LogP contribution in [0.4, 0.5) is 5.69 Å². The van der Waals surface area contributed by atoms with E-state index in [0.717, 1.165) is 48.1 Å². The zero-order chi connectivity index (χ0) is 25.5. The zero-order valence-corrected chi connectivity index (χ0v) is 22.5. The summed E-state index contributed by atoms with van der Waals surface area (Å²) in [7, 11) is 0. The molecule has 0 radical (unpaired) electrons. The van der Waals surface area contributed by atoms with Crippen LogP contribution in [0.5, 0.6) is 0 Å². The molecule has 188 valence electrons. The van der Waals surface area contributed by atoms with Crippen LogP contribution in [0, 0.1) is 0 Å². The van der Waals surface area contributed by atoms with E-state index in [0.29, 0.717) is 11.8 Å². The molecule has 1 fully saturated rings. The molecule has 1 aliphatic rings. The van der Waals surface area contributed by atoms with Crippen molar-refractivity contribution in [2.45, 2.75) is 22.8 Å². The number of pyridine rings is 1. The number of anilines is 1. The monoisotopic (exact) mass is 561 g/mol. The molecule has 0 saturated carbocycles. The van der Waals surface area contributed by atoms with Gasteiger partial charge in [-0.3, -0.25) is 14.7 Å². The minimum absolute atomic E-state index is 0.309. The largest absolute Gasteiger partial charge is 0.339 e. The number of halogens is 3. The summed E-state index contributed by atoms with van der Waals surface area (Å²) in [6.07, 6.45) is 6.00. The Morgan fingerprint density at radius 2 is 1.78 bits per heavy atom. The Hall–Kier alpha value is -2.42. The van der Waals surface area contributed by atoms with Gasteiger partial charge < -0.3 is 15.5 Å². The first-order valence-electron chi connectivity index (χ1n) is 11.6. The zero-order valence-electron chi connectivity index (χ0n) is 19.4. The van der Waals surface area contributed by atoms with E-state index in [1.807, 2.05) is 65.6 Å². The highest BCUT2D eigenvalue weighted by Gasteiger charge is 2.35. The van der Waals surface area contributed by atoms with Crippen molar-refractivity contribution in [2.24, 2.45) is 0 Å². The number of carbonyl (C=O) groups is 1. The molecule has 10 heteroatoms. The fraction of sp³-hybridized carbons (Fsp3) is 0.269. The van der Waals surface area contributed by atoms with Crippen LogP contribution in [0.15, 0.2) is 72.9 Å². The first-order valence-corrected chi connectivity index (χ1v) is 13.1. The van der Waals surface area contributed by atoms with Gasteiger partial charge in [0, 0.05) is 17.7 Å². The maximum absolute atomic E-state index is 12.7. The van der Waals surface area contributed by atoms with Crippen LogP contribution in [-0.2, 0) is 4.79 Å². The quantitative estimate of drug-likeness (QED) is 0.172. The number of para-hydroxylation sites is 1. The van der Waals surface area contributed by atoms with Gasteiger partial charge >= 0.3 is 0 Å². The van der Waals surface area contributed by atoms with Crippen molar-refractivity contribution in [1.29, 1.82) is 0 Å². The number of thiocarbonyl (C=S) groups is 1. The highest BCUT2D eigenvalue weighted by molar-refractivity contribution is 7.80. The number of hydrogen-bond donors (Lipinski definition) is 2. The summed E-state index contributed by atoms with van der Waals surface area (Å²) >= 11 is 24.6.